The van der Waals surface area contributed by atoms with Crippen molar-refractivity contribution in [2.24, 2.45) is 4.99 Å². The summed E-state index contributed by atoms with van der Waals surface area (Å²) < 4.78 is 22.9. The minimum absolute atomic E-state index is 0.00127. The molecule has 0 radical (unpaired) electrons. The summed E-state index contributed by atoms with van der Waals surface area (Å²) in [5, 5.41) is 14.3. The van der Waals surface area contributed by atoms with E-state index >= 15 is 0 Å². The highest BCUT2D eigenvalue weighted by Crippen LogP contribution is 2.34. The number of thioether (sulfide) groups is 1. The van der Waals surface area contributed by atoms with Crippen LogP contribution < -0.4 is 5.32 Å². The number of nitro groups is 1. The fourth-order valence-electron chi connectivity index (χ4n) is 2.24. The maximum absolute atomic E-state index is 11.5. The van der Waals surface area contributed by atoms with E-state index in [0.29, 0.717) is 10.9 Å². The maximum Gasteiger partial charge on any atom is 0.271 e. The van der Waals surface area contributed by atoms with Gasteiger partial charge in [0.15, 0.2) is 15.0 Å². The predicted octanol–water partition coefficient (Wildman–Crippen LogP) is 1.28. The normalized spacial score (nSPS) is 26.9. The molecular formula is C11H11N3O4S2. The van der Waals surface area contributed by atoms with E-state index in [9.17, 15) is 18.5 Å². The fraction of sp³-hybridized carbons (Fsp3) is 0.364. The molecule has 1 aromatic rings. The standard InChI is InChI=1S/C11H11N3O4S2/c15-14(16)8-3-1-2-7(4-8)12-11-13-9-5-20(17,18)6-10(9)19-11/h1-4,9-10H,5-6H2,(H,12,13)/t9-,10+/m1/s1. The highest BCUT2D eigenvalue weighted by molar-refractivity contribution is 8.15. The van der Waals surface area contributed by atoms with E-state index in [4.69, 9.17) is 0 Å². The van der Waals surface area contributed by atoms with Crippen LogP contribution in [0.4, 0.5) is 11.4 Å². The highest BCUT2D eigenvalue weighted by Gasteiger charge is 2.42. The summed E-state index contributed by atoms with van der Waals surface area (Å²) in [6.45, 7) is 0. The Kier molecular flexibility index (Phi) is 3.17. The van der Waals surface area contributed by atoms with Crippen molar-refractivity contribution in [2.75, 3.05) is 16.8 Å². The van der Waals surface area contributed by atoms with Gasteiger partial charge in [0.25, 0.3) is 5.69 Å². The number of rotatable bonds is 2. The van der Waals surface area contributed by atoms with Crippen molar-refractivity contribution in [2.45, 2.75) is 11.3 Å². The van der Waals surface area contributed by atoms with Gasteiger partial charge in [0.1, 0.15) is 0 Å². The molecule has 0 aromatic heterocycles. The number of non-ortho nitro benzene ring substituents is 1. The summed E-state index contributed by atoms with van der Waals surface area (Å²) in [6, 6.07) is 5.93. The lowest BCUT2D eigenvalue weighted by Gasteiger charge is -2.06. The molecule has 0 unspecified atom stereocenters. The van der Waals surface area contributed by atoms with Crippen molar-refractivity contribution in [3.8, 4) is 0 Å². The highest BCUT2D eigenvalue weighted by atomic mass is 32.2. The van der Waals surface area contributed by atoms with E-state index in [1.807, 2.05) is 0 Å². The van der Waals surface area contributed by atoms with Crippen LogP contribution in [0.1, 0.15) is 0 Å². The number of benzene rings is 1. The molecule has 7 nitrogen and oxygen atoms in total. The van der Waals surface area contributed by atoms with Crippen molar-refractivity contribution in [1.82, 2.24) is 0 Å². The van der Waals surface area contributed by atoms with Gasteiger partial charge in [0.05, 0.1) is 22.5 Å². The Morgan fingerprint density at radius 3 is 2.90 bits per heavy atom. The topological polar surface area (TPSA) is 102 Å². The van der Waals surface area contributed by atoms with Crippen molar-refractivity contribution >= 4 is 38.1 Å². The third-order valence-corrected chi connectivity index (χ3v) is 6.27. The summed E-state index contributed by atoms with van der Waals surface area (Å²) in [7, 11) is -2.96. The fourth-order valence-corrected chi connectivity index (χ4v) is 5.91. The van der Waals surface area contributed by atoms with Gasteiger partial charge < -0.3 is 5.32 Å². The van der Waals surface area contributed by atoms with Gasteiger partial charge in [0, 0.05) is 23.1 Å². The predicted molar refractivity (Wildman–Crippen MR) is 78.0 cm³/mol. The Hall–Kier alpha value is -1.61. The first kappa shape index (κ1) is 13.4. The SMILES string of the molecule is O=[N+]([O-])c1cccc(NC2=N[C@@H]3CS(=O)(=O)C[C@@H]3S2)c1. The van der Waals surface area contributed by atoms with Gasteiger partial charge in [0.2, 0.25) is 0 Å². The van der Waals surface area contributed by atoms with Crippen molar-refractivity contribution in [3.05, 3.63) is 34.4 Å². The largest absolute Gasteiger partial charge is 0.335 e. The number of nitrogens with zero attached hydrogens (tertiary/aromatic N) is 2. The van der Waals surface area contributed by atoms with Gasteiger partial charge in [-0.05, 0) is 6.07 Å². The summed E-state index contributed by atoms with van der Waals surface area (Å²) in [6.07, 6.45) is 0. The monoisotopic (exact) mass is 313 g/mol. The zero-order chi connectivity index (χ0) is 14.3. The second kappa shape index (κ2) is 4.74. The Labute approximate surface area is 119 Å². The minimum Gasteiger partial charge on any atom is -0.335 e. The molecule has 1 saturated heterocycles. The molecule has 3 rings (SSSR count). The van der Waals surface area contributed by atoms with Gasteiger partial charge in [-0.15, -0.1) is 0 Å². The van der Waals surface area contributed by atoms with Gasteiger partial charge in [-0.3, -0.25) is 15.1 Å². The van der Waals surface area contributed by atoms with E-state index in [0.717, 1.165) is 0 Å². The summed E-state index contributed by atoms with van der Waals surface area (Å²) in [5.74, 6) is 0.233. The average Bonchev–Trinajstić information content (AvgIpc) is 2.82. The Balaban J connectivity index is 1.74. The summed E-state index contributed by atoms with van der Waals surface area (Å²) >= 11 is 1.38. The lowest BCUT2D eigenvalue weighted by atomic mass is 10.3. The second-order valence-electron chi connectivity index (χ2n) is 4.67. The number of nitrogens with one attached hydrogen (secondary N) is 1. The number of fused-ring (bicyclic) bond motifs is 1. The molecule has 9 heteroatoms. The van der Waals surface area contributed by atoms with Crippen LogP contribution in [0.25, 0.3) is 0 Å². The number of sulfone groups is 1. The zero-order valence-electron chi connectivity index (χ0n) is 10.2. The Morgan fingerprint density at radius 2 is 2.20 bits per heavy atom. The molecule has 2 atom stereocenters. The smallest absolute Gasteiger partial charge is 0.271 e. The third-order valence-electron chi connectivity index (χ3n) is 3.13. The molecule has 20 heavy (non-hydrogen) atoms. The van der Waals surface area contributed by atoms with Gasteiger partial charge >= 0.3 is 0 Å². The van der Waals surface area contributed by atoms with Crippen molar-refractivity contribution in [1.29, 1.82) is 0 Å². The third kappa shape index (κ3) is 2.63. The molecule has 106 valence electrons. The maximum atomic E-state index is 11.5. The summed E-state index contributed by atoms with van der Waals surface area (Å²) in [4.78, 5) is 14.6. The number of nitro benzene ring substituents is 1. The first-order valence-electron chi connectivity index (χ1n) is 5.89. The second-order valence-corrected chi connectivity index (χ2v) is 8.05. The van der Waals surface area contributed by atoms with Crippen LogP contribution in [-0.2, 0) is 9.84 Å². The molecule has 0 saturated carbocycles. The van der Waals surface area contributed by atoms with Crippen LogP contribution in [0.3, 0.4) is 0 Å². The van der Waals surface area contributed by atoms with E-state index in [1.54, 1.807) is 12.1 Å². The summed E-state index contributed by atoms with van der Waals surface area (Å²) in [5.41, 5.74) is 0.578. The number of aliphatic imine (C=N–C) groups is 1. The molecule has 0 aliphatic carbocycles. The van der Waals surface area contributed by atoms with Gasteiger partial charge in [-0.25, -0.2) is 8.42 Å². The van der Waals surface area contributed by atoms with Crippen molar-refractivity contribution in [3.63, 3.8) is 0 Å². The molecule has 1 fully saturated rings. The van der Waals surface area contributed by atoms with Gasteiger partial charge in [-0.1, -0.05) is 17.8 Å². The Morgan fingerprint density at radius 1 is 1.40 bits per heavy atom. The van der Waals surface area contributed by atoms with E-state index in [-0.39, 0.29) is 28.5 Å². The molecule has 1 aromatic carbocycles. The van der Waals surface area contributed by atoms with Crippen molar-refractivity contribution < 1.29 is 13.3 Å². The van der Waals surface area contributed by atoms with Crippen LogP contribution in [0, 0.1) is 10.1 Å². The molecule has 0 bridgehead atoms. The van der Waals surface area contributed by atoms with Crippen LogP contribution in [0.5, 0.6) is 0 Å². The lowest BCUT2D eigenvalue weighted by Crippen LogP contribution is -2.13. The minimum atomic E-state index is -2.96. The van der Waals surface area contributed by atoms with E-state index in [2.05, 4.69) is 10.3 Å². The molecule has 0 spiro atoms. The van der Waals surface area contributed by atoms with E-state index < -0.39 is 14.8 Å². The number of amidine groups is 1. The van der Waals surface area contributed by atoms with Crippen LogP contribution >= 0.6 is 11.8 Å². The molecule has 2 aliphatic heterocycles. The molecule has 2 aliphatic rings. The van der Waals surface area contributed by atoms with Crippen LogP contribution in [-0.4, -0.2) is 41.3 Å². The molecule has 0 amide bonds. The van der Waals surface area contributed by atoms with Crippen LogP contribution in [0.2, 0.25) is 0 Å². The molecule has 1 N–H and O–H groups in total. The number of anilines is 1. The molecule has 2 heterocycles. The average molecular weight is 313 g/mol. The van der Waals surface area contributed by atoms with Crippen LogP contribution in [0.15, 0.2) is 29.3 Å². The van der Waals surface area contributed by atoms with Gasteiger partial charge in [-0.2, -0.15) is 0 Å². The number of hydrogen-bond donors (Lipinski definition) is 1. The van der Waals surface area contributed by atoms with E-state index in [1.165, 1.54) is 23.9 Å². The zero-order valence-corrected chi connectivity index (χ0v) is 11.9. The lowest BCUT2D eigenvalue weighted by molar-refractivity contribution is -0.384. The Bertz CT molecular complexity index is 701. The first-order chi connectivity index (χ1) is 9.43. The molecular weight excluding hydrogens is 302 g/mol. The first-order valence-corrected chi connectivity index (χ1v) is 8.59. The number of hydrogen-bond acceptors (Lipinski definition) is 7. The quantitative estimate of drug-likeness (QED) is 0.652.